The molecule has 2 aliphatic heterocycles. The molecule has 7 nitrogen and oxygen atoms in total. The molecule has 28 heavy (non-hydrogen) atoms. The minimum absolute atomic E-state index is 0. The van der Waals surface area contributed by atoms with Crippen molar-refractivity contribution in [1.29, 1.82) is 0 Å². The van der Waals surface area contributed by atoms with E-state index >= 15 is 0 Å². The van der Waals surface area contributed by atoms with Crippen LogP contribution in [-0.2, 0) is 6.54 Å². The van der Waals surface area contributed by atoms with Gasteiger partial charge < -0.3 is 24.6 Å². The van der Waals surface area contributed by atoms with Crippen LogP contribution >= 0.6 is 39.9 Å². The van der Waals surface area contributed by atoms with Crippen molar-refractivity contribution in [3.8, 4) is 11.5 Å². The topological polar surface area (TPSA) is 62.2 Å². The molecule has 0 saturated carbocycles. The Morgan fingerprint density at radius 3 is 2.75 bits per heavy atom. The number of rotatable bonds is 3. The predicted octanol–water partition coefficient (Wildman–Crippen LogP) is 3.09. The molecule has 3 heterocycles. The van der Waals surface area contributed by atoms with Crippen LogP contribution in [-0.4, -0.2) is 55.9 Å². The first-order chi connectivity index (χ1) is 13.2. The van der Waals surface area contributed by atoms with E-state index in [0.717, 1.165) is 59.5 Å². The maximum Gasteiger partial charge on any atom is 0.231 e. The molecule has 0 bridgehead atoms. The third kappa shape index (κ3) is 4.62. The number of hydrogen-bond donors (Lipinski definition) is 1. The second-order valence-electron chi connectivity index (χ2n) is 6.37. The molecule has 0 unspecified atom stereocenters. The third-order valence-corrected chi connectivity index (χ3v) is 5.29. The Kier molecular flexibility index (Phi) is 7.22. The van der Waals surface area contributed by atoms with Gasteiger partial charge in [-0.2, -0.15) is 0 Å². The molecule has 1 aromatic carbocycles. The molecule has 150 valence electrons. The fourth-order valence-electron chi connectivity index (χ4n) is 3.32. The van der Waals surface area contributed by atoms with Crippen molar-refractivity contribution in [2.75, 3.05) is 44.9 Å². The monoisotopic (exact) mass is 559 g/mol. The van der Waals surface area contributed by atoms with Crippen LogP contribution in [0.4, 0.5) is 5.82 Å². The minimum Gasteiger partial charge on any atom is -0.454 e. The highest BCUT2D eigenvalue weighted by molar-refractivity contribution is 14.0. The lowest BCUT2D eigenvalue weighted by atomic mass is 10.2. The van der Waals surface area contributed by atoms with Crippen molar-refractivity contribution in [2.45, 2.75) is 6.54 Å². The molecule has 0 aliphatic carbocycles. The van der Waals surface area contributed by atoms with Crippen molar-refractivity contribution < 1.29 is 9.47 Å². The lowest BCUT2D eigenvalue weighted by Crippen LogP contribution is -2.52. The van der Waals surface area contributed by atoms with E-state index in [1.54, 1.807) is 0 Å². The molecule has 0 atom stereocenters. The highest BCUT2D eigenvalue weighted by atomic mass is 127. The van der Waals surface area contributed by atoms with Gasteiger partial charge >= 0.3 is 0 Å². The number of aromatic nitrogens is 1. The fraction of sp³-hybridized carbons (Fsp3) is 0.368. The number of hydrogen-bond acceptors (Lipinski definition) is 5. The summed E-state index contributed by atoms with van der Waals surface area (Å²) < 4.78 is 11.8. The number of ether oxygens (including phenoxy) is 2. The molecular weight excluding hydrogens is 537 g/mol. The molecule has 2 aliphatic rings. The smallest absolute Gasteiger partial charge is 0.231 e. The van der Waals surface area contributed by atoms with Crippen LogP contribution in [0.15, 0.2) is 46.0 Å². The molecule has 0 spiro atoms. The Hall–Kier alpha value is -1.75. The maximum atomic E-state index is 5.49. The van der Waals surface area contributed by atoms with Crippen LogP contribution < -0.4 is 19.7 Å². The van der Waals surface area contributed by atoms with Gasteiger partial charge in [0.05, 0.1) is 4.47 Å². The maximum absolute atomic E-state index is 5.49. The van der Waals surface area contributed by atoms with Gasteiger partial charge in [0.2, 0.25) is 6.79 Å². The van der Waals surface area contributed by atoms with E-state index in [1.807, 2.05) is 37.5 Å². The molecule has 1 aromatic heterocycles. The fourth-order valence-corrected chi connectivity index (χ4v) is 3.93. The first-order valence-corrected chi connectivity index (χ1v) is 9.73. The zero-order valence-electron chi connectivity index (χ0n) is 15.6. The number of piperazine rings is 1. The van der Waals surface area contributed by atoms with Crippen LogP contribution in [0.5, 0.6) is 11.5 Å². The average molecular weight is 560 g/mol. The number of aliphatic imine (C=N–C) groups is 1. The van der Waals surface area contributed by atoms with Gasteiger partial charge in [-0.05, 0) is 45.8 Å². The van der Waals surface area contributed by atoms with E-state index in [0.29, 0.717) is 6.54 Å². The van der Waals surface area contributed by atoms with Crippen molar-refractivity contribution in [1.82, 2.24) is 15.2 Å². The Bertz CT molecular complexity index is 829. The van der Waals surface area contributed by atoms with Crippen molar-refractivity contribution in [3.05, 3.63) is 46.6 Å². The Morgan fingerprint density at radius 2 is 2.04 bits per heavy atom. The highest BCUT2D eigenvalue weighted by Crippen LogP contribution is 2.39. The number of pyridine rings is 1. The summed E-state index contributed by atoms with van der Waals surface area (Å²) in [4.78, 5) is 13.5. The lowest BCUT2D eigenvalue weighted by molar-refractivity contribution is 0.173. The SMILES string of the molecule is CN=C(NCc1cc(Br)c2c(c1)OCO2)N1CCN(c2ccccn2)CC1.I. The van der Waals surface area contributed by atoms with Gasteiger partial charge in [-0.15, -0.1) is 24.0 Å². The van der Waals surface area contributed by atoms with E-state index in [-0.39, 0.29) is 30.8 Å². The zero-order chi connectivity index (χ0) is 18.6. The number of nitrogens with one attached hydrogen (secondary N) is 1. The number of benzene rings is 1. The summed E-state index contributed by atoms with van der Waals surface area (Å²) in [5.74, 6) is 3.49. The first-order valence-electron chi connectivity index (χ1n) is 8.94. The van der Waals surface area contributed by atoms with E-state index < -0.39 is 0 Å². The molecule has 2 aromatic rings. The molecule has 0 radical (unpaired) electrons. The van der Waals surface area contributed by atoms with Crippen LogP contribution in [0, 0.1) is 0 Å². The van der Waals surface area contributed by atoms with Crippen LogP contribution in [0.25, 0.3) is 0 Å². The van der Waals surface area contributed by atoms with Crippen molar-refractivity contribution in [2.24, 2.45) is 4.99 Å². The molecule has 4 rings (SSSR count). The number of anilines is 1. The highest BCUT2D eigenvalue weighted by Gasteiger charge is 2.21. The summed E-state index contributed by atoms with van der Waals surface area (Å²) in [5, 5.41) is 3.45. The second-order valence-corrected chi connectivity index (χ2v) is 7.23. The Balaban J connectivity index is 0.00000225. The summed E-state index contributed by atoms with van der Waals surface area (Å²) in [6.45, 7) is 4.60. The predicted molar refractivity (Wildman–Crippen MR) is 124 cm³/mol. The second kappa shape index (κ2) is 9.64. The Labute approximate surface area is 190 Å². The summed E-state index contributed by atoms with van der Waals surface area (Å²) in [7, 11) is 1.82. The zero-order valence-corrected chi connectivity index (χ0v) is 19.5. The van der Waals surface area contributed by atoms with Gasteiger partial charge in [0.25, 0.3) is 0 Å². The summed E-state index contributed by atoms with van der Waals surface area (Å²) in [6.07, 6.45) is 1.84. The van der Waals surface area contributed by atoms with Crippen LogP contribution in [0.1, 0.15) is 5.56 Å². The number of guanidine groups is 1. The quantitative estimate of drug-likeness (QED) is 0.354. The minimum atomic E-state index is 0. The van der Waals surface area contributed by atoms with Crippen LogP contribution in [0.2, 0.25) is 0 Å². The number of halogens is 2. The molecule has 1 fully saturated rings. The van der Waals surface area contributed by atoms with Gasteiger partial charge in [-0.1, -0.05) is 6.07 Å². The van der Waals surface area contributed by atoms with E-state index in [1.165, 1.54) is 0 Å². The standard InChI is InChI=1S/C19H22BrN5O2.HI/c1-21-19(23-12-14-10-15(20)18-16(11-14)26-13-27-18)25-8-6-24(7-9-25)17-4-2-3-5-22-17;/h2-5,10-11H,6-9,12-13H2,1H3,(H,21,23);1H. The summed E-state index contributed by atoms with van der Waals surface area (Å²) in [6, 6.07) is 10.1. The van der Waals surface area contributed by atoms with Crippen LogP contribution in [0.3, 0.4) is 0 Å². The van der Waals surface area contributed by atoms with Gasteiger partial charge in [-0.25, -0.2) is 4.98 Å². The molecule has 1 saturated heterocycles. The van der Waals surface area contributed by atoms with Crippen molar-refractivity contribution >= 4 is 51.7 Å². The molecular formula is C19H23BrIN5O2. The van der Waals surface area contributed by atoms with Crippen molar-refractivity contribution in [3.63, 3.8) is 0 Å². The lowest BCUT2D eigenvalue weighted by Gasteiger charge is -2.37. The van der Waals surface area contributed by atoms with E-state index in [4.69, 9.17) is 9.47 Å². The van der Waals surface area contributed by atoms with Gasteiger partial charge in [0.1, 0.15) is 5.82 Å². The summed E-state index contributed by atoms with van der Waals surface area (Å²) >= 11 is 3.54. The molecule has 9 heteroatoms. The molecule has 1 N–H and O–H groups in total. The third-order valence-electron chi connectivity index (χ3n) is 4.70. The number of nitrogens with zero attached hydrogens (tertiary/aromatic N) is 4. The first kappa shape index (κ1) is 21.0. The average Bonchev–Trinajstić information content (AvgIpc) is 3.19. The van der Waals surface area contributed by atoms with Gasteiger partial charge in [0, 0.05) is 46.0 Å². The Morgan fingerprint density at radius 1 is 1.21 bits per heavy atom. The summed E-state index contributed by atoms with van der Waals surface area (Å²) in [5.41, 5.74) is 1.11. The number of fused-ring (bicyclic) bond motifs is 1. The van der Waals surface area contributed by atoms with Gasteiger partial charge in [0.15, 0.2) is 17.5 Å². The normalized spacial score (nSPS) is 16.0. The van der Waals surface area contributed by atoms with E-state index in [9.17, 15) is 0 Å². The van der Waals surface area contributed by atoms with Gasteiger partial charge in [-0.3, -0.25) is 4.99 Å². The van der Waals surface area contributed by atoms with E-state index in [2.05, 4.69) is 47.1 Å². The molecule has 0 amide bonds. The largest absolute Gasteiger partial charge is 0.454 e.